The molecule has 0 radical (unpaired) electrons. The SMILES string of the molecule is CC1CCCC(N2CCN(C(=O)COc3ccc(Br)cc3)CC2)C1. The molecule has 2 aliphatic rings. The zero-order valence-electron chi connectivity index (χ0n) is 14.4. The highest BCUT2D eigenvalue weighted by Gasteiger charge is 2.28. The summed E-state index contributed by atoms with van der Waals surface area (Å²) in [5, 5.41) is 0. The summed E-state index contributed by atoms with van der Waals surface area (Å²) in [7, 11) is 0. The Morgan fingerprint density at radius 2 is 1.88 bits per heavy atom. The molecule has 2 fully saturated rings. The maximum absolute atomic E-state index is 12.3. The Kier molecular flexibility index (Phi) is 6.17. The summed E-state index contributed by atoms with van der Waals surface area (Å²) in [6.07, 6.45) is 5.37. The normalized spacial score (nSPS) is 25.5. The van der Waals surface area contributed by atoms with E-state index < -0.39 is 0 Å². The second-order valence-corrected chi connectivity index (χ2v) is 8.00. The van der Waals surface area contributed by atoms with Crippen molar-refractivity contribution < 1.29 is 9.53 Å². The average molecular weight is 395 g/mol. The number of ether oxygens (including phenoxy) is 1. The Hall–Kier alpha value is -1.07. The van der Waals surface area contributed by atoms with Crippen LogP contribution in [0.25, 0.3) is 0 Å². The van der Waals surface area contributed by atoms with Crippen LogP contribution in [0.3, 0.4) is 0 Å². The summed E-state index contributed by atoms with van der Waals surface area (Å²) in [5.41, 5.74) is 0. The third-order valence-electron chi connectivity index (χ3n) is 5.27. The van der Waals surface area contributed by atoms with E-state index in [2.05, 4.69) is 27.8 Å². The molecule has 3 rings (SSSR count). The van der Waals surface area contributed by atoms with Crippen molar-refractivity contribution in [2.24, 2.45) is 5.92 Å². The van der Waals surface area contributed by atoms with Crippen molar-refractivity contribution in [2.75, 3.05) is 32.8 Å². The van der Waals surface area contributed by atoms with Crippen LogP contribution in [0.15, 0.2) is 28.7 Å². The van der Waals surface area contributed by atoms with E-state index in [-0.39, 0.29) is 12.5 Å². The van der Waals surface area contributed by atoms with Gasteiger partial charge in [0.2, 0.25) is 0 Å². The lowest BCUT2D eigenvalue weighted by Crippen LogP contribution is -2.53. The monoisotopic (exact) mass is 394 g/mol. The van der Waals surface area contributed by atoms with Gasteiger partial charge in [-0.25, -0.2) is 0 Å². The van der Waals surface area contributed by atoms with E-state index in [4.69, 9.17) is 4.74 Å². The summed E-state index contributed by atoms with van der Waals surface area (Å²) in [6, 6.07) is 8.32. The molecular formula is C19H27BrN2O2. The minimum Gasteiger partial charge on any atom is -0.484 e. The molecule has 1 saturated heterocycles. The highest BCUT2D eigenvalue weighted by Crippen LogP contribution is 2.28. The Bertz CT molecular complexity index is 541. The number of hydrogen-bond donors (Lipinski definition) is 0. The number of rotatable bonds is 4. The van der Waals surface area contributed by atoms with E-state index in [0.29, 0.717) is 0 Å². The van der Waals surface area contributed by atoms with Gasteiger partial charge in [0.05, 0.1) is 0 Å². The van der Waals surface area contributed by atoms with Gasteiger partial charge in [-0.3, -0.25) is 9.69 Å². The van der Waals surface area contributed by atoms with Crippen LogP contribution in [0.1, 0.15) is 32.6 Å². The standard InChI is InChI=1S/C19H27BrN2O2/c1-15-3-2-4-17(13-15)21-9-11-22(12-10-21)19(23)14-24-18-7-5-16(20)6-8-18/h5-8,15,17H,2-4,9-14H2,1H3. The highest BCUT2D eigenvalue weighted by atomic mass is 79.9. The van der Waals surface area contributed by atoms with E-state index in [1.54, 1.807) is 0 Å². The molecule has 5 heteroatoms. The molecule has 1 aromatic carbocycles. The highest BCUT2D eigenvalue weighted by molar-refractivity contribution is 9.10. The van der Waals surface area contributed by atoms with Gasteiger partial charge in [0.25, 0.3) is 5.91 Å². The summed E-state index contributed by atoms with van der Waals surface area (Å²) in [4.78, 5) is 16.9. The Balaban J connectivity index is 1.42. The number of amides is 1. The predicted octanol–water partition coefficient (Wildman–Crippen LogP) is 3.55. The van der Waals surface area contributed by atoms with Crippen molar-refractivity contribution in [1.82, 2.24) is 9.80 Å². The summed E-state index contributed by atoms with van der Waals surface area (Å²) >= 11 is 3.39. The molecule has 1 aromatic rings. The molecule has 2 unspecified atom stereocenters. The zero-order valence-corrected chi connectivity index (χ0v) is 16.0. The van der Waals surface area contributed by atoms with E-state index in [0.717, 1.165) is 48.4 Å². The molecule has 4 nitrogen and oxygen atoms in total. The van der Waals surface area contributed by atoms with Crippen LogP contribution in [-0.2, 0) is 4.79 Å². The van der Waals surface area contributed by atoms with Crippen LogP contribution in [0, 0.1) is 5.92 Å². The Morgan fingerprint density at radius 3 is 2.54 bits per heavy atom. The fourth-order valence-electron chi connectivity index (χ4n) is 3.84. The minimum atomic E-state index is 0.0922. The smallest absolute Gasteiger partial charge is 0.260 e. The number of carbonyl (C=O) groups excluding carboxylic acids is 1. The lowest BCUT2D eigenvalue weighted by Gasteiger charge is -2.42. The van der Waals surface area contributed by atoms with Gasteiger partial charge in [-0.05, 0) is 43.0 Å². The predicted molar refractivity (Wildman–Crippen MR) is 99.2 cm³/mol. The summed E-state index contributed by atoms with van der Waals surface area (Å²) in [6.45, 7) is 6.15. The van der Waals surface area contributed by atoms with Crippen LogP contribution in [-0.4, -0.2) is 54.5 Å². The van der Waals surface area contributed by atoms with Crippen LogP contribution in [0.2, 0.25) is 0 Å². The van der Waals surface area contributed by atoms with Crippen molar-refractivity contribution in [3.05, 3.63) is 28.7 Å². The molecule has 2 atom stereocenters. The third kappa shape index (κ3) is 4.73. The van der Waals surface area contributed by atoms with Crippen LogP contribution in [0.5, 0.6) is 5.75 Å². The van der Waals surface area contributed by atoms with Gasteiger partial charge < -0.3 is 9.64 Å². The summed E-state index contributed by atoms with van der Waals surface area (Å²) < 4.78 is 6.62. The molecule has 1 amide bonds. The first kappa shape index (κ1) is 17.7. The van der Waals surface area contributed by atoms with Gasteiger partial charge in [-0.1, -0.05) is 35.7 Å². The zero-order chi connectivity index (χ0) is 16.9. The topological polar surface area (TPSA) is 32.8 Å². The van der Waals surface area contributed by atoms with Crippen molar-refractivity contribution in [3.8, 4) is 5.75 Å². The molecular weight excluding hydrogens is 368 g/mol. The number of benzene rings is 1. The molecule has 24 heavy (non-hydrogen) atoms. The molecule has 132 valence electrons. The van der Waals surface area contributed by atoms with Crippen LogP contribution in [0.4, 0.5) is 0 Å². The quantitative estimate of drug-likeness (QED) is 0.782. The molecule has 0 bridgehead atoms. The number of piperazine rings is 1. The Morgan fingerprint density at radius 1 is 1.17 bits per heavy atom. The van der Waals surface area contributed by atoms with Gasteiger partial charge in [0, 0.05) is 36.7 Å². The minimum absolute atomic E-state index is 0.0922. The van der Waals surface area contributed by atoms with E-state index in [1.165, 1.54) is 25.7 Å². The second kappa shape index (κ2) is 8.34. The van der Waals surface area contributed by atoms with Crippen LogP contribution >= 0.6 is 15.9 Å². The van der Waals surface area contributed by atoms with Crippen molar-refractivity contribution in [2.45, 2.75) is 38.6 Å². The molecule has 0 aromatic heterocycles. The average Bonchev–Trinajstić information content (AvgIpc) is 2.61. The fraction of sp³-hybridized carbons (Fsp3) is 0.632. The number of carbonyl (C=O) groups is 1. The first-order chi connectivity index (χ1) is 11.6. The van der Waals surface area contributed by atoms with Gasteiger partial charge in [-0.2, -0.15) is 0 Å². The Labute approximate surface area is 153 Å². The maximum Gasteiger partial charge on any atom is 0.260 e. The number of halogens is 1. The van der Waals surface area contributed by atoms with Crippen molar-refractivity contribution in [3.63, 3.8) is 0 Å². The number of hydrogen-bond acceptors (Lipinski definition) is 3. The molecule has 0 N–H and O–H groups in total. The van der Waals surface area contributed by atoms with Crippen molar-refractivity contribution in [1.29, 1.82) is 0 Å². The lowest BCUT2D eigenvalue weighted by molar-refractivity contribution is -0.135. The fourth-order valence-corrected chi connectivity index (χ4v) is 4.10. The third-order valence-corrected chi connectivity index (χ3v) is 5.80. The van der Waals surface area contributed by atoms with Crippen molar-refractivity contribution >= 4 is 21.8 Å². The van der Waals surface area contributed by atoms with Gasteiger partial charge in [0.15, 0.2) is 6.61 Å². The molecule has 1 aliphatic heterocycles. The maximum atomic E-state index is 12.3. The molecule has 1 heterocycles. The van der Waals surface area contributed by atoms with Gasteiger partial charge >= 0.3 is 0 Å². The van der Waals surface area contributed by atoms with E-state index in [1.807, 2.05) is 29.2 Å². The first-order valence-electron chi connectivity index (χ1n) is 9.02. The van der Waals surface area contributed by atoms with E-state index >= 15 is 0 Å². The number of nitrogens with zero attached hydrogens (tertiary/aromatic N) is 2. The lowest BCUT2D eigenvalue weighted by atomic mass is 9.86. The van der Waals surface area contributed by atoms with E-state index in [9.17, 15) is 4.79 Å². The molecule has 0 spiro atoms. The first-order valence-corrected chi connectivity index (χ1v) is 9.81. The summed E-state index contributed by atoms with van der Waals surface area (Å²) in [5.74, 6) is 1.68. The second-order valence-electron chi connectivity index (χ2n) is 7.08. The van der Waals surface area contributed by atoms with Crippen LogP contribution < -0.4 is 4.74 Å². The largest absolute Gasteiger partial charge is 0.484 e. The van der Waals surface area contributed by atoms with Gasteiger partial charge in [0.1, 0.15) is 5.75 Å². The molecule has 1 saturated carbocycles. The van der Waals surface area contributed by atoms with Gasteiger partial charge in [-0.15, -0.1) is 0 Å². The molecule has 1 aliphatic carbocycles.